The number of nitrogens with zero attached hydrogens (tertiary/aromatic N) is 2. The fourth-order valence-corrected chi connectivity index (χ4v) is 0.955. The molecule has 1 rings (SSSR count). The minimum Gasteiger partial charge on any atom is -0.383 e. The molecule has 0 fully saturated rings. The minimum absolute atomic E-state index is 0.154. The first-order valence-electron chi connectivity index (χ1n) is 3.87. The molecule has 5 heteroatoms. The quantitative estimate of drug-likeness (QED) is 0.665. The molecule has 0 amide bonds. The smallest absolute Gasteiger partial charge is 0.151 e. The minimum atomic E-state index is -0.722. The highest BCUT2D eigenvalue weighted by atomic mass is 16.1. The zero-order valence-electron chi connectivity index (χ0n) is 7.61. The maximum atomic E-state index is 10.9. The van der Waals surface area contributed by atoms with E-state index in [0.717, 1.165) is 0 Å². The Morgan fingerprint density at radius 1 is 1.62 bits per heavy atom. The van der Waals surface area contributed by atoms with Crippen LogP contribution >= 0.6 is 0 Å². The van der Waals surface area contributed by atoms with Gasteiger partial charge in [0.05, 0.1) is 6.04 Å². The zero-order chi connectivity index (χ0) is 10.0. The van der Waals surface area contributed by atoms with Crippen LogP contribution in [0.2, 0.25) is 0 Å². The van der Waals surface area contributed by atoms with Crippen molar-refractivity contribution in [3.8, 4) is 0 Å². The average molecular weight is 180 g/mol. The Balaban J connectivity index is 3.08. The summed E-state index contributed by atoms with van der Waals surface area (Å²) in [4.78, 5) is 18.8. The number of rotatable bonds is 2. The van der Waals surface area contributed by atoms with E-state index in [1.165, 1.54) is 13.1 Å². The molecule has 13 heavy (non-hydrogen) atoms. The standard InChI is InChI=1S/C8H12N4O/c1-4(13)7(9)6-3-11-5(2)12-8(6)10/h3,7H,9H2,1-2H3,(H2,10,11,12). The van der Waals surface area contributed by atoms with E-state index in [2.05, 4.69) is 9.97 Å². The summed E-state index contributed by atoms with van der Waals surface area (Å²) < 4.78 is 0. The van der Waals surface area contributed by atoms with Gasteiger partial charge < -0.3 is 11.5 Å². The highest BCUT2D eigenvalue weighted by molar-refractivity contribution is 5.83. The number of ketones is 1. The van der Waals surface area contributed by atoms with Gasteiger partial charge >= 0.3 is 0 Å². The summed E-state index contributed by atoms with van der Waals surface area (Å²) in [7, 11) is 0. The Bertz CT molecular complexity index is 337. The van der Waals surface area contributed by atoms with Crippen molar-refractivity contribution in [1.82, 2.24) is 9.97 Å². The topological polar surface area (TPSA) is 94.9 Å². The molecule has 1 unspecified atom stereocenters. The van der Waals surface area contributed by atoms with Gasteiger partial charge in [0, 0.05) is 11.8 Å². The molecule has 0 aliphatic carbocycles. The van der Waals surface area contributed by atoms with Gasteiger partial charge in [-0.1, -0.05) is 0 Å². The van der Waals surface area contributed by atoms with Gasteiger partial charge in [-0.3, -0.25) is 4.79 Å². The lowest BCUT2D eigenvalue weighted by Gasteiger charge is -2.09. The molecule has 1 aromatic heterocycles. The maximum absolute atomic E-state index is 10.9. The lowest BCUT2D eigenvalue weighted by atomic mass is 10.1. The Morgan fingerprint density at radius 2 is 2.23 bits per heavy atom. The van der Waals surface area contributed by atoms with Crippen molar-refractivity contribution in [2.24, 2.45) is 5.73 Å². The van der Waals surface area contributed by atoms with Crippen LogP contribution in [0.4, 0.5) is 5.82 Å². The molecule has 0 saturated carbocycles. The van der Waals surface area contributed by atoms with Gasteiger partial charge in [0.1, 0.15) is 11.6 Å². The molecule has 0 spiro atoms. The third kappa shape index (κ3) is 2.00. The van der Waals surface area contributed by atoms with Crippen LogP contribution in [0.25, 0.3) is 0 Å². The van der Waals surface area contributed by atoms with Gasteiger partial charge in [0.25, 0.3) is 0 Å². The molecular weight excluding hydrogens is 168 g/mol. The molecule has 0 aliphatic heterocycles. The van der Waals surface area contributed by atoms with Gasteiger partial charge in [-0.25, -0.2) is 9.97 Å². The molecule has 0 bridgehead atoms. The van der Waals surface area contributed by atoms with Crippen LogP contribution in [0.3, 0.4) is 0 Å². The van der Waals surface area contributed by atoms with Crippen molar-refractivity contribution in [1.29, 1.82) is 0 Å². The predicted octanol–water partition coefficient (Wildman–Crippen LogP) is -0.0440. The Kier molecular flexibility index (Phi) is 2.57. The van der Waals surface area contributed by atoms with E-state index < -0.39 is 6.04 Å². The van der Waals surface area contributed by atoms with E-state index in [4.69, 9.17) is 11.5 Å². The van der Waals surface area contributed by atoms with Crippen LogP contribution in [0.5, 0.6) is 0 Å². The van der Waals surface area contributed by atoms with Crippen LogP contribution in [-0.4, -0.2) is 15.8 Å². The van der Waals surface area contributed by atoms with E-state index in [1.54, 1.807) is 6.92 Å². The second-order valence-corrected chi connectivity index (χ2v) is 2.85. The highest BCUT2D eigenvalue weighted by Crippen LogP contribution is 2.15. The van der Waals surface area contributed by atoms with E-state index in [-0.39, 0.29) is 11.6 Å². The number of anilines is 1. The Morgan fingerprint density at radius 3 is 2.69 bits per heavy atom. The monoisotopic (exact) mass is 180 g/mol. The fraction of sp³-hybridized carbons (Fsp3) is 0.375. The van der Waals surface area contributed by atoms with Gasteiger partial charge in [-0.15, -0.1) is 0 Å². The third-order valence-electron chi connectivity index (χ3n) is 1.74. The number of carbonyl (C=O) groups excluding carboxylic acids is 1. The first kappa shape index (κ1) is 9.60. The van der Waals surface area contributed by atoms with E-state index in [1.807, 2.05) is 0 Å². The summed E-state index contributed by atoms with van der Waals surface area (Å²) in [5.74, 6) is 0.686. The molecule has 0 aliphatic rings. The molecule has 70 valence electrons. The summed E-state index contributed by atoms with van der Waals surface area (Å²) >= 11 is 0. The molecule has 1 heterocycles. The molecule has 0 radical (unpaired) electrons. The Labute approximate surface area is 76.2 Å². The van der Waals surface area contributed by atoms with Crippen molar-refractivity contribution >= 4 is 11.6 Å². The third-order valence-corrected chi connectivity index (χ3v) is 1.74. The fourth-order valence-electron chi connectivity index (χ4n) is 0.955. The van der Waals surface area contributed by atoms with Crippen LogP contribution in [0.15, 0.2) is 6.20 Å². The van der Waals surface area contributed by atoms with Gasteiger partial charge in [0.2, 0.25) is 0 Å². The largest absolute Gasteiger partial charge is 0.383 e. The molecule has 1 aromatic rings. The first-order valence-corrected chi connectivity index (χ1v) is 3.87. The first-order chi connectivity index (χ1) is 6.02. The molecule has 1 atom stereocenters. The van der Waals surface area contributed by atoms with E-state index in [9.17, 15) is 4.79 Å². The number of aromatic nitrogens is 2. The summed E-state index contributed by atoms with van der Waals surface area (Å²) in [6, 6.07) is -0.722. The number of nitrogens with two attached hydrogens (primary N) is 2. The van der Waals surface area contributed by atoms with Gasteiger partial charge in [0.15, 0.2) is 5.78 Å². The SMILES string of the molecule is CC(=O)C(N)c1cnc(C)nc1N. The van der Waals surface area contributed by atoms with Crippen molar-refractivity contribution in [3.05, 3.63) is 17.6 Å². The lowest BCUT2D eigenvalue weighted by molar-refractivity contribution is -0.118. The normalized spacial score (nSPS) is 12.5. The van der Waals surface area contributed by atoms with Crippen LogP contribution in [0.1, 0.15) is 24.4 Å². The number of carbonyl (C=O) groups is 1. The Hall–Kier alpha value is -1.49. The van der Waals surface area contributed by atoms with E-state index >= 15 is 0 Å². The average Bonchev–Trinajstić information content (AvgIpc) is 2.03. The maximum Gasteiger partial charge on any atom is 0.151 e. The molecule has 5 nitrogen and oxygen atoms in total. The van der Waals surface area contributed by atoms with Crippen molar-refractivity contribution in [2.75, 3.05) is 5.73 Å². The number of nitrogen functional groups attached to an aromatic ring is 1. The number of aryl methyl sites for hydroxylation is 1. The van der Waals surface area contributed by atoms with Crippen molar-refractivity contribution in [3.63, 3.8) is 0 Å². The zero-order valence-corrected chi connectivity index (χ0v) is 7.61. The number of hydrogen-bond donors (Lipinski definition) is 2. The van der Waals surface area contributed by atoms with Crippen molar-refractivity contribution in [2.45, 2.75) is 19.9 Å². The van der Waals surface area contributed by atoms with E-state index in [0.29, 0.717) is 11.4 Å². The van der Waals surface area contributed by atoms with Crippen molar-refractivity contribution < 1.29 is 4.79 Å². The van der Waals surface area contributed by atoms with Crippen LogP contribution < -0.4 is 11.5 Å². The highest BCUT2D eigenvalue weighted by Gasteiger charge is 2.15. The summed E-state index contributed by atoms with van der Waals surface area (Å²) in [6.45, 7) is 3.13. The predicted molar refractivity (Wildman–Crippen MR) is 48.8 cm³/mol. The lowest BCUT2D eigenvalue weighted by Crippen LogP contribution is -2.21. The molecule has 0 saturated heterocycles. The molecular formula is C8H12N4O. The van der Waals surface area contributed by atoms with Gasteiger partial charge in [-0.05, 0) is 13.8 Å². The number of Topliss-reactive ketones (excluding diaryl/α,β-unsaturated/α-hetero) is 1. The molecule has 0 aromatic carbocycles. The number of hydrogen-bond acceptors (Lipinski definition) is 5. The second kappa shape index (κ2) is 3.49. The molecule has 4 N–H and O–H groups in total. The second-order valence-electron chi connectivity index (χ2n) is 2.85. The summed E-state index contributed by atoms with van der Waals surface area (Å²) in [5.41, 5.74) is 11.6. The van der Waals surface area contributed by atoms with Crippen LogP contribution in [0, 0.1) is 6.92 Å². The summed E-state index contributed by atoms with van der Waals surface area (Å²) in [6.07, 6.45) is 1.49. The van der Waals surface area contributed by atoms with Crippen LogP contribution in [-0.2, 0) is 4.79 Å². The van der Waals surface area contributed by atoms with Gasteiger partial charge in [-0.2, -0.15) is 0 Å². The summed E-state index contributed by atoms with van der Waals surface area (Å²) in [5, 5.41) is 0.